The van der Waals surface area contributed by atoms with Crippen molar-refractivity contribution in [2.45, 2.75) is 45.3 Å². The van der Waals surface area contributed by atoms with Gasteiger partial charge in [0.25, 0.3) is 0 Å². The third kappa shape index (κ3) is 9.10. The predicted octanol–water partition coefficient (Wildman–Crippen LogP) is 1.29. The molecule has 0 aromatic rings. The Morgan fingerprint density at radius 1 is 1.60 bits per heavy atom. The van der Waals surface area contributed by atoms with Crippen LogP contribution in [0.4, 0.5) is 4.79 Å². The van der Waals surface area contributed by atoms with Gasteiger partial charge in [-0.2, -0.15) is 0 Å². The van der Waals surface area contributed by atoms with Crippen molar-refractivity contribution < 1.29 is 14.6 Å². The summed E-state index contributed by atoms with van der Waals surface area (Å²) in [5.74, 6) is 2.20. The maximum Gasteiger partial charge on any atom is 0.407 e. The van der Waals surface area contributed by atoms with Gasteiger partial charge in [0.1, 0.15) is 11.7 Å². The summed E-state index contributed by atoms with van der Waals surface area (Å²) < 4.78 is 5.02. The Labute approximate surface area is 91.0 Å². The van der Waals surface area contributed by atoms with E-state index in [-0.39, 0.29) is 0 Å². The van der Waals surface area contributed by atoms with Crippen LogP contribution in [0.2, 0.25) is 0 Å². The highest BCUT2D eigenvalue weighted by Crippen LogP contribution is 2.06. The van der Waals surface area contributed by atoms with Gasteiger partial charge in [0.2, 0.25) is 0 Å². The van der Waals surface area contributed by atoms with E-state index < -0.39 is 17.8 Å². The predicted molar refractivity (Wildman–Crippen MR) is 58.3 cm³/mol. The van der Waals surface area contributed by atoms with E-state index in [0.717, 1.165) is 0 Å². The van der Waals surface area contributed by atoms with Gasteiger partial charge in [-0.1, -0.05) is 5.92 Å². The number of ether oxygens (including phenoxy) is 1. The summed E-state index contributed by atoms with van der Waals surface area (Å²) in [4.78, 5) is 11.1. The summed E-state index contributed by atoms with van der Waals surface area (Å²) in [6.45, 7) is 5.85. The molecule has 0 aromatic carbocycles. The first-order valence-electron chi connectivity index (χ1n) is 4.96. The number of nitrogens with one attached hydrogen (secondary N) is 1. The molecule has 4 heteroatoms. The highest BCUT2D eigenvalue weighted by molar-refractivity contribution is 5.67. The first kappa shape index (κ1) is 13.8. The Kier molecular flexibility index (Phi) is 5.80. The van der Waals surface area contributed by atoms with Crippen molar-refractivity contribution in [2.24, 2.45) is 0 Å². The molecule has 86 valence electrons. The van der Waals surface area contributed by atoms with Crippen molar-refractivity contribution in [2.75, 3.05) is 6.54 Å². The number of aliphatic hydroxyl groups excluding tert-OH is 1. The monoisotopic (exact) mass is 213 g/mol. The largest absolute Gasteiger partial charge is 0.444 e. The van der Waals surface area contributed by atoms with E-state index in [1.807, 2.05) is 0 Å². The second-order valence-corrected chi connectivity index (χ2v) is 4.25. The number of carbonyl (C=O) groups excluding carboxylic acids is 1. The molecule has 15 heavy (non-hydrogen) atoms. The zero-order valence-corrected chi connectivity index (χ0v) is 9.54. The van der Waals surface area contributed by atoms with Crippen LogP contribution in [0.3, 0.4) is 0 Å². The van der Waals surface area contributed by atoms with Crippen LogP contribution in [0.25, 0.3) is 0 Å². The van der Waals surface area contributed by atoms with Crippen molar-refractivity contribution in [1.82, 2.24) is 5.32 Å². The fraction of sp³-hybridized carbons (Fsp3) is 0.727. The minimum Gasteiger partial charge on any atom is -0.444 e. The molecule has 0 unspecified atom stereocenters. The number of carbonyl (C=O) groups is 1. The minimum atomic E-state index is -0.731. The summed E-state index contributed by atoms with van der Waals surface area (Å²) in [7, 11) is 0. The molecule has 4 nitrogen and oxygen atoms in total. The Morgan fingerprint density at radius 3 is 2.67 bits per heavy atom. The summed E-state index contributed by atoms with van der Waals surface area (Å²) in [5.41, 5.74) is -0.484. The first-order valence-corrected chi connectivity index (χ1v) is 4.96. The van der Waals surface area contributed by atoms with E-state index >= 15 is 0 Å². The zero-order valence-electron chi connectivity index (χ0n) is 9.54. The summed E-state index contributed by atoms with van der Waals surface area (Å²) in [6, 6.07) is 0. The molecule has 1 atom stereocenters. The Balaban J connectivity index is 3.53. The van der Waals surface area contributed by atoms with E-state index in [0.29, 0.717) is 19.4 Å². The Bertz CT molecular complexity index is 237. The molecule has 1 amide bonds. The highest BCUT2D eigenvalue weighted by Gasteiger charge is 2.15. The fourth-order valence-electron chi connectivity index (χ4n) is 0.883. The Morgan fingerprint density at radius 2 is 2.20 bits per heavy atom. The van der Waals surface area contributed by atoms with Gasteiger partial charge in [-0.15, -0.1) is 6.42 Å². The average molecular weight is 213 g/mol. The second-order valence-electron chi connectivity index (χ2n) is 4.25. The van der Waals surface area contributed by atoms with Crippen LogP contribution in [0.5, 0.6) is 0 Å². The molecular weight excluding hydrogens is 194 g/mol. The van der Waals surface area contributed by atoms with Crippen molar-refractivity contribution in [3.63, 3.8) is 0 Å². The minimum absolute atomic E-state index is 0.447. The zero-order chi connectivity index (χ0) is 11.9. The number of amides is 1. The van der Waals surface area contributed by atoms with E-state index in [9.17, 15) is 4.79 Å². The van der Waals surface area contributed by atoms with Crippen molar-refractivity contribution in [3.8, 4) is 12.3 Å². The third-order valence-corrected chi connectivity index (χ3v) is 1.51. The molecule has 0 aromatic heterocycles. The van der Waals surface area contributed by atoms with Crippen LogP contribution < -0.4 is 5.32 Å². The van der Waals surface area contributed by atoms with Gasteiger partial charge < -0.3 is 15.2 Å². The van der Waals surface area contributed by atoms with Crippen molar-refractivity contribution in [1.29, 1.82) is 0 Å². The van der Waals surface area contributed by atoms with Crippen LogP contribution in [0.15, 0.2) is 0 Å². The molecule has 0 radical (unpaired) electrons. The van der Waals surface area contributed by atoms with Crippen molar-refractivity contribution >= 4 is 6.09 Å². The van der Waals surface area contributed by atoms with Crippen LogP contribution in [-0.2, 0) is 4.74 Å². The van der Waals surface area contributed by atoms with Gasteiger partial charge in [0.05, 0.1) is 0 Å². The molecule has 0 saturated heterocycles. The van der Waals surface area contributed by atoms with E-state index in [1.165, 1.54) is 0 Å². The summed E-state index contributed by atoms with van der Waals surface area (Å²) >= 11 is 0. The second kappa shape index (κ2) is 6.31. The molecule has 0 aliphatic heterocycles. The molecule has 0 aliphatic carbocycles. The van der Waals surface area contributed by atoms with Crippen molar-refractivity contribution in [3.05, 3.63) is 0 Å². The standard InChI is InChI=1S/C11H19NO3/c1-5-9(13)7-6-8-12-10(14)15-11(2,3)4/h1,9,13H,6-8H2,2-4H3,(H,12,14)/t9-/m0/s1. The van der Waals surface area contributed by atoms with Crippen LogP contribution in [0, 0.1) is 12.3 Å². The van der Waals surface area contributed by atoms with Gasteiger partial charge >= 0.3 is 6.09 Å². The van der Waals surface area contributed by atoms with Gasteiger partial charge in [0, 0.05) is 6.54 Å². The molecule has 0 rings (SSSR count). The molecule has 0 spiro atoms. The third-order valence-electron chi connectivity index (χ3n) is 1.51. The first-order chi connectivity index (χ1) is 6.85. The van der Waals surface area contributed by atoms with Gasteiger partial charge in [-0.3, -0.25) is 0 Å². The highest BCUT2D eigenvalue weighted by atomic mass is 16.6. The van der Waals surface area contributed by atoms with E-state index in [2.05, 4.69) is 11.2 Å². The molecule has 0 aliphatic rings. The molecule has 0 fully saturated rings. The van der Waals surface area contributed by atoms with Crippen LogP contribution in [0.1, 0.15) is 33.6 Å². The smallest absolute Gasteiger partial charge is 0.407 e. The fourth-order valence-corrected chi connectivity index (χ4v) is 0.883. The lowest BCUT2D eigenvalue weighted by molar-refractivity contribution is 0.0525. The maximum atomic E-state index is 11.1. The molecule has 0 heterocycles. The SMILES string of the molecule is C#C[C@H](O)CCCNC(=O)OC(C)(C)C. The van der Waals surface area contributed by atoms with Crippen LogP contribution >= 0.6 is 0 Å². The topological polar surface area (TPSA) is 58.6 Å². The number of rotatable bonds is 4. The Hall–Kier alpha value is -1.21. The van der Waals surface area contributed by atoms with Gasteiger partial charge in [0.15, 0.2) is 0 Å². The lowest BCUT2D eigenvalue weighted by Gasteiger charge is -2.19. The molecular formula is C11H19NO3. The number of terminal acetylenes is 1. The normalized spacial score (nSPS) is 12.7. The van der Waals surface area contributed by atoms with Crippen LogP contribution in [-0.4, -0.2) is 29.4 Å². The number of alkyl carbamates (subject to hydrolysis) is 1. The summed E-state index contributed by atoms with van der Waals surface area (Å²) in [6.07, 6.45) is 4.92. The van der Waals surface area contributed by atoms with Gasteiger partial charge in [-0.25, -0.2) is 4.79 Å². The lowest BCUT2D eigenvalue weighted by Crippen LogP contribution is -2.33. The maximum absolute atomic E-state index is 11.1. The quantitative estimate of drug-likeness (QED) is 0.546. The van der Waals surface area contributed by atoms with E-state index in [4.69, 9.17) is 16.3 Å². The lowest BCUT2D eigenvalue weighted by atomic mass is 10.2. The number of hydrogen-bond donors (Lipinski definition) is 2. The van der Waals surface area contributed by atoms with E-state index in [1.54, 1.807) is 20.8 Å². The molecule has 0 bridgehead atoms. The number of aliphatic hydroxyl groups is 1. The molecule has 2 N–H and O–H groups in total. The molecule has 0 saturated carbocycles. The average Bonchev–Trinajstić information content (AvgIpc) is 2.09. The van der Waals surface area contributed by atoms with Gasteiger partial charge in [-0.05, 0) is 33.6 Å². The number of hydrogen-bond acceptors (Lipinski definition) is 3. The summed E-state index contributed by atoms with van der Waals surface area (Å²) in [5, 5.41) is 11.6.